The highest BCUT2D eigenvalue weighted by molar-refractivity contribution is 5.69. The van der Waals surface area contributed by atoms with Gasteiger partial charge in [-0.3, -0.25) is 9.69 Å². The SMILES string of the molecule is CCCN(CC(=O)O)C(C)c1cccc(OC(F)F)c1. The van der Waals surface area contributed by atoms with Crippen molar-refractivity contribution in [2.75, 3.05) is 13.1 Å². The van der Waals surface area contributed by atoms with Crippen LogP contribution < -0.4 is 4.74 Å². The number of carboxylic acid groups (broad SMARTS) is 1. The van der Waals surface area contributed by atoms with Crippen molar-refractivity contribution in [2.24, 2.45) is 0 Å². The summed E-state index contributed by atoms with van der Waals surface area (Å²) in [4.78, 5) is 12.6. The minimum absolute atomic E-state index is 0.0797. The van der Waals surface area contributed by atoms with Crippen LogP contribution in [-0.4, -0.2) is 35.7 Å². The maximum absolute atomic E-state index is 12.2. The molecule has 1 N–H and O–H groups in total. The van der Waals surface area contributed by atoms with Crippen LogP contribution in [0, 0.1) is 0 Å². The number of ether oxygens (including phenoxy) is 1. The standard InChI is InChI=1S/C14H19F2NO3/c1-3-7-17(9-13(18)19)10(2)11-5-4-6-12(8-11)20-14(15)16/h4-6,8,10,14H,3,7,9H2,1-2H3,(H,18,19). The lowest BCUT2D eigenvalue weighted by Crippen LogP contribution is -2.33. The van der Waals surface area contributed by atoms with Crippen LogP contribution in [0.4, 0.5) is 8.78 Å². The molecule has 1 aromatic rings. The normalized spacial score (nSPS) is 12.7. The average Bonchev–Trinajstić information content (AvgIpc) is 2.36. The molecule has 0 bridgehead atoms. The first kappa shape index (κ1) is 16.4. The van der Waals surface area contributed by atoms with Crippen molar-refractivity contribution in [3.05, 3.63) is 29.8 Å². The fourth-order valence-corrected chi connectivity index (χ4v) is 2.03. The van der Waals surface area contributed by atoms with E-state index in [2.05, 4.69) is 4.74 Å². The lowest BCUT2D eigenvalue weighted by molar-refractivity contribution is -0.138. The molecule has 0 spiro atoms. The molecule has 0 aromatic heterocycles. The molecule has 4 nitrogen and oxygen atoms in total. The molecule has 0 amide bonds. The van der Waals surface area contributed by atoms with Gasteiger partial charge in [0.15, 0.2) is 0 Å². The minimum Gasteiger partial charge on any atom is -0.480 e. The first-order valence-electron chi connectivity index (χ1n) is 6.44. The van der Waals surface area contributed by atoms with Crippen molar-refractivity contribution in [1.29, 1.82) is 0 Å². The zero-order valence-corrected chi connectivity index (χ0v) is 11.6. The fourth-order valence-electron chi connectivity index (χ4n) is 2.03. The zero-order chi connectivity index (χ0) is 15.1. The quantitative estimate of drug-likeness (QED) is 0.798. The zero-order valence-electron chi connectivity index (χ0n) is 11.6. The Morgan fingerprint density at radius 3 is 2.70 bits per heavy atom. The molecule has 112 valence electrons. The molecule has 0 saturated heterocycles. The van der Waals surface area contributed by atoms with E-state index in [1.807, 2.05) is 13.8 Å². The van der Waals surface area contributed by atoms with Crippen LogP contribution in [0.1, 0.15) is 31.9 Å². The third-order valence-electron chi connectivity index (χ3n) is 2.96. The maximum Gasteiger partial charge on any atom is 0.387 e. The van der Waals surface area contributed by atoms with Crippen molar-refractivity contribution < 1.29 is 23.4 Å². The average molecular weight is 287 g/mol. The molecule has 1 atom stereocenters. The van der Waals surface area contributed by atoms with E-state index in [1.165, 1.54) is 12.1 Å². The summed E-state index contributed by atoms with van der Waals surface area (Å²) in [6.07, 6.45) is 0.810. The number of hydrogen-bond donors (Lipinski definition) is 1. The Labute approximate surface area is 117 Å². The molecule has 0 aliphatic carbocycles. The number of carboxylic acids is 1. The monoisotopic (exact) mass is 287 g/mol. The fraction of sp³-hybridized carbons (Fsp3) is 0.500. The highest BCUT2D eigenvalue weighted by atomic mass is 19.3. The van der Waals surface area contributed by atoms with Crippen molar-refractivity contribution in [3.8, 4) is 5.75 Å². The Morgan fingerprint density at radius 2 is 2.15 bits per heavy atom. The largest absolute Gasteiger partial charge is 0.480 e. The van der Waals surface area contributed by atoms with Gasteiger partial charge in [-0.25, -0.2) is 0 Å². The number of halogens is 2. The van der Waals surface area contributed by atoms with Crippen molar-refractivity contribution >= 4 is 5.97 Å². The van der Waals surface area contributed by atoms with Crippen LogP contribution in [0.3, 0.4) is 0 Å². The van der Waals surface area contributed by atoms with E-state index in [-0.39, 0.29) is 18.3 Å². The number of alkyl halides is 2. The smallest absolute Gasteiger partial charge is 0.387 e. The predicted molar refractivity (Wildman–Crippen MR) is 71.0 cm³/mol. The van der Waals surface area contributed by atoms with Crippen molar-refractivity contribution in [3.63, 3.8) is 0 Å². The van der Waals surface area contributed by atoms with Gasteiger partial charge in [-0.2, -0.15) is 8.78 Å². The maximum atomic E-state index is 12.2. The number of carbonyl (C=O) groups is 1. The van der Waals surface area contributed by atoms with Gasteiger partial charge in [0.25, 0.3) is 0 Å². The summed E-state index contributed by atoms with van der Waals surface area (Å²) in [7, 11) is 0. The molecule has 6 heteroatoms. The highest BCUT2D eigenvalue weighted by Gasteiger charge is 2.18. The summed E-state index contributed by atoms with van der Waals surface area (Å²) in [5, 5.41) is 8.91. The second-order valence-electron chi connectivity index (χ2n) is 4.49. The topological polar surface area (TPSA) is 49.8 Å². The summed E-state index contributed by atoms with van der Waals surface area (Å²) in [6, 6.07) is 6.17. The molecule has 20 heavy (non-hydrogen) atoms. The van der Waals surface area contributed by atoms with Gasteiger partial charge >= 0.3 is 12.6 Å². The van der Waals surface area contributed by atoms with Gasteiger partial charge in [-0.15, -0.1) is 0 Å². The Hall–Kier alpha value is -1.69. The van der Waals surface area contributed by atoms with E-state index in [0.29, 0.717) is 6.54 Å². The number of rotatable bonds is 8. The van der Waals surface area contributed by atoms with E-state index < -0.39 is 12.6 Å². The molecular formula is C14H19F2NO3. The Balaban J connectivity index is 2.87. The third kappa shape index (κ3) is 5.13. The van der Waals surface area contributed by atoms with Crippen LogP contribution in [0.25, 0.3) is 0 Å². The molecule has 0 radical (unpaired) electrons. The molecule has 0 aliphatic rings. The second kappa shape index (κ2) is 7.79. The van der Waals surface area contributed by atoms with Gasteiger partial charge in [0.05, 0.1) is 6.54 Å². The van der Waals surface area contributed by atoms with Crippen LogP contribution in [0.2, 0.25) is 0 Å². The van der Waals surface area contributed by atoms with Gasteiger partial charge in [-0.1, -0.05) is 19.1 Å². The van der Waals surface area contributed by atoms with E-state index in [0.717, 1.165) is 12.0 Å². The Bertz CT molecular complexity index is 440. The summed E-state index contributed by atoms with van der Waals surface area (Å²) < 4.78 is 28.7. The molecule has 1 unspecified atom stereocenters. The molecule has 0 aliphatic heterocycles. The van der Waals surface area contributed by atoms with Gasteiger partial charge in [0.1, 0.15) is 5.75 Å². The van der Waals surface area contributed by atoms with Crippen LogP contribution in [0.5, 0.6) is 5.75 Å². The molecular weight excluding hydrogens is 268 g/mol. The number of hydrogen-bond acceptors (Lipinski definition) is 3. The lowest BCUT2D eigenvalue weighted by Gasteiger charge is -2.27. The van der Waals surface area contributed by atoms with E-state index in [1.54, 1.807) is 17.0 Å². The molecule has 0 heterocycles. The van der Waals surface area contributed by atoms with Crippen molar-refractivity contribution in [2.45, 2.75) is 32.9 Å². The van der Waals surface area contributed by atoms with Crippen LogP contribution >= 0.6 is 0 Å². The summed E-state index contributed by atoms with van der Waals surface area (Å²) in [6.45, 7) is 1.46. The van der Waals surface area contributed by atoms with E-state index in [4.69, 9.17) is 5.11 Å². The predicted octanol–water partition coefficient (Wildman–Crippen LogP) is 3.15. The third-order valence-corrected chi connectivity index (χ3v) is 2.96. The first-order chi connectivity index (χ1) is 9.43. The summed E-state index contributed by atoms with van der Waals surface area (Å²) in [5.41, 5.74) is 0.748. The highest BCUT2D eigenvalue weighted by Crippen LogP contribution is 2.24. The Kier molecular flexibility index (Phi) is 6.38. The summed E-state index contributed by atoms with van der Waals surface area (Å²) in [5.74, 6) is -0.832. The Morgan fingerprint density at radius 1 is 1.45 bits per heavy atom. The van der Waals surface area contributed by atoms with E-state index in [9.17, 15) is 13.6 Å². The van der Waals surface area contributed by atoms with Crippen LogP contribution in [-0.2, 0) is 4.79 Å². The number of aliphatic carboxylic acids is 1. The van der Waals surface area contributed by atoms with Crippen LogP contribution in [0.15, 0.2) is 24.3 Å². The first-order valence-corrected chi connectivity index (χ1v) is 6.44. The molecule has 0 fully saturated rings. The van der Waals surface area contributed by atoms with Gasteiger partial charge in [0, 0.05) is 6.04 Å². The van der Waals surface area contributed by atoms with Gasteiger partial charge in [-0.05, 0) is 37.6 Å². The van der Waals surface area contributed by atoms with E-state index >= 15 is 0 Å². The van der Waals surface area contributed by atoms with Gasteiger partial charge in [0.2, 0.25) is 0 Å². The number of nitrogens with zero attached hydrogens (tertiary/aromatic N) is 1. The van der Waals surface area contributed by atoms with Crippen molar-refractivity contribution in [1.82, 2.24) is 4.90 Å². The second-order valence-corrected chi connectivity index (χ2v) is 4.49. The molecule has 0 saturated carbocycles. The lowest BCUT2D eigenvalue weighted by atomic mass is 10.1. The number of benzene rings is 1. The molecule has 1 rings (SSSR count). The minimum atomic E-state index is -2.87. The van der Waals surface area contributed by atoms with Gasteiger partial charge < -0.3 is 9.84 Å². The summed E-state index contributed by atoms with van der Waals surface area (Å²) >= 11 is 0. The molecule has 1 aromatic carbocycles.